The van der Waals surface area contributed by atoms with Crippen LogP contribution >= 0.6 is 0 Å². The van der Waals surface area contributed by atoms with Crippen molar-refractivity contribution in [1.82, 2.24) is 5.48 Å². The first kappa shape index (κ1) is 22.4. The van der Waals surface area contributed by atoms with E-state index < -0.39 is 30.1 Å². The molecule has 0 unspecified atom stereocenters. The number of benzene rings is 3. The van der Waals surface area contributed by atoms with Crippen LogP contribution in [0.25, 0.3) is 11.1 Å². The van der Waals surface area contributed by atoms with Crippen LogP contribution in [0.5, 0.6) is 0 Å². The molecule has 0 fully saturated rings. The van der Waals surface area contributed by atoms with Gasteiger partial charge < -0.3 is 10.4 Å². The van der Waals surface area contributed by atoms with Crippen LogP contribution in [0.15, 0.2) is 59.6 Å². The van der Waals surface area contributed by atoms with E-state index in [0.29, 0.717) is 17.1 Å². The zero-order chi connectivity index (χ0) is 23.8. The molecule has 0 aromatic heterocycles. The first-order valence-corrected chi connectivity index (χ1v) is 9.72. The van der Waals surface area contributed by atoms with Crippen LogP contribution in [0.1, 0.15) is 27.0 Å². The second-order valence-corrected chi connectivity index (χ2v) is 7.37. The number of anilines is 1. The number of hydrogen-bond acceptors (Lipinski definition) is 5. The maximum Gasteiger partial charge on any atom is 0.417 e. The Labute approximate surface area is 185 Å². The number of amidine groups is 1. The van der Waals surface area contributed by atoms with Crippen molar-refractivity contribution >= 4 is 23.1 Å². The van der Waals surface area contributed by atoms with Crippen molar-refractivity contribution < 1.29 is 32.7 Å². The lowest BCUT2D eigenvalue weighted by molar-refractivity contribution is -0.137. The Morgan fingerprint density at radius 1 is 1.06 bits per heavy atom. The normalized spacial score (nSPS) is 12.8. The number of fused-ring (bicyclic) bond motifs is 1. The monoisotopic (exact) mass is 459 g/mol. The van der Waals surface area contributed by atoms with Gasteiger partial charge in [0.2, 0.25) is 0 Å². The van der Waals surface area contributed by atoms with E-state index in [0.717, 1.165) is 18.2 Å². The van der Waals surface area contributed by atoms with Gasteiger partial charge in [0.15, 0.2) is 0 Å². The number of hydrogen-bond donors (Lipinski definition) is 4. The van der Waals surface area contributed by atoms with Gasteiger partial charge in [0, 0.05) is 17.7 Å². The summed E-state index contributed by atoms with van der Waals surface area (Å²) in [6.45, 7) is -0.551. The van der Waals surface area contributed by atoms with Crippen LogP contribution in [0.2, 0.25) is 0 Å². The standard InChI is InChI=1S/C23H17F4N3O3/c24-15-5-4-13(11-31)17(9-15)18-7-14-8-21(29-20(14)10-19(18)23(25,26)27)28-16-3-1-2-12(6-16)22(32)30-33/h1-7,9-10,31,33H,8,11H2,(H,28,29)(H,30,32). The molecule has 0 radical (unpaired) electrons. The molecular formula is C23H17F4N3O3. The number of aliphatic imine (C=N–C) groups is 1. The van der Waals surface area contributed by atoms with Gasteiger partial charge in [0.25, 0.3) is 5.91 Å². The number of amides is 1. The lowest BCUT2D eigenvalue weighted by Crippen LogP contribution is -2.19. The molecule has 4 N–H and O–H groups in total. The molecular weight excluding hydrogens is 442 g/mol. The van der Waals surface area contributed by atoms with Gasteiger partial charge in [-0.05, 0) is 64.7 Å². The molecule has 1 amide bonds. The number of halogens is 4. The van der Waals surface area contributed by atoms with Gasteiger partial charge in [-0.3, -0.25) is 10.0 Å². The highest BCUT2D eigenvalue weighted by atomic mass is 19.4. The number of hydroxylamine groups is 1. The number of aliphatic hydroxyl groups excluding tert-OH is 1. The minimum atomic E-state index is -4.74. The van der Waals surface area contributed by atoms with E-state index in [1.54, 1.807) is 12.1 Å². The van der Waals surface area contributed by atoms with Gasteiger partial charge in [-0.15, -0.1) is 0 Å². The zero-order valence-corrected chi connectivity index (χ0v) is 16.9. The topological polar surface area (TPSA) is 94.0 Å². The van der Waals surface area contributed by atoms with Gasteiger partial charge in [-0.25, -0.2) is 14.9 Å². The Kier molecular flexibility index (Phi) is 5.88. The Morgan fingerprint density at radius 2 is 1.85 bits per heavy atom. The van der Waals surface area contributed by atoms with E-state index in [2.05, 4.69) is 10.3 Å². The first-order valence-electron chi connectivity index (χ1n) is 9.72. The van der Waals surface area contributed by atoms with E-state index in [1.807, 2.05) is 0 Å². The second-order valence-electron chi connectivity index (χ2n) is 7.37. The van der Waals surface area contributed by atoms with Crippen LogP contribution in [-0.2, 0) is 19.2 Å². The van der Waals surface area contributed by atoms with E-state index in [9.17, 15) is 27.5 Å². The average Bonchev–Trinajstić information content (AvgIpc) is 3.18. The maximum absolute atomic E-state index is 13.9. The molecule has 0 atom stereocenters. The number of nitrogens with zero attached hydrogens (tertiary/aromatic N) is 1. The van der Waals surface area contributed by atoms with E-state index in [-0.39, 0.29) is 34.4 Å². The van der Waals surface area contributed by atoms with Crippen molar-refractivity contribution in [2.24, 2.45) is 4.99 Å². The van der Waals surface area contributed by atoms with Gasteiger partial charge in [0.05, 0.1) is 17.9 Å². The smallest absolute Gasteiger partial charge is 0.392 e. The molecule has 1 heterocycles. The lowest BCUT2D eigenvalue weighted by atomic mass is 9.92. The molecule has 6 nitrogen and oxygen atoms in total. The number of rotatable bonds is 4. The lowest BCUT2D eigenvalue weighted by Gasteiger charge is -2.17. The minimum Gasteiger partial charge on any atom is -0.392 e. The van der Waals surface area contributed by atoms with Gasteiger partial charge in [-0.2, -0.15) is 13.2 Å². The number of nitrogens with one attached hydrogen (secondary N) is 2. The molecule has 4 rings (SSSR count). The summed E-state index contributed by atoms with van der Waals surface area (Å²) in [6.07, 6.45) is -4.57. The number of carbonyl (C=O) groups is 1. The predicted octanol–water partition coefficient (Wildman–Crippen LogP) is 4.82. The third-order valence-corrected chi connectivity index (χ3v) is 5.18. The molecule has 0 aliphatic carbocycles. The summed E-state index contributed by atoms with van der Waals surface area (Å²) in [5.74, 6) is -1.09. The highest BCUT2D eigenvalue weighted by molar-refractivity contribution is 6.03. The van der Waals surface area contributed by atoms with Gasteiger partial charge in [0.1, 0.15) is 11.7 Å². The molecule has 1 aliphatic rings. The molecule has 10 heteroatoms. The molecule has 0 saturated heterocycles. The van der Waals surface area contributed by atoms with Crippen LogP contribution in [0.3, 0.4) is 0 Å². The Hall–Kier alpha value is -3.76. The van der Waals surface area contributed by atoms with Crippen molar-refractivity contribution in [2.45, 2.75) is 19.2 Å². The van der Waals surface area contributed by atoms with Crippen molar-refractivity contribution in [1.29, 1.82) is 0 Å². The zero-order valence-electron chi connectivity index (χ0n) is 16.9. The predicted molar refractivity (Wildman–Crippen MR) is 113 cm³/mol. The van der Waals surface area contributed by atoms with Crippen molar-refractivity contribution in [3.8, 4) is 11.1 Å². The maximum atomic E-state index is 13.9. The molecule has 0 saturated carbocycles. The van der Waals surface area contributed by atoms with Crippen molar-refractivity contribution in [2.75, 3.05) is 5.32 Å². The van der Waals surface area contributed by atoms with Crippen molar-refractivity contribution in [3.63, 3.8) is 0 Å². The van der Waals surface area contributed by atoms with E-state index in [1.165, 1.54) is 29.7 Å². The van der Waals surface area contributed by atoms with Crippen LogP contribution in [0.4, 0.5) is 28.9 Å². The molecule has 0 spiro atoms. The molecule has 0 bridgehead atoms. The Balaban J connectivity index is 1.72. The largest absolute Gasteiger partial charge is 0.417 e. The third kappa shape index (κ3) is 4.57. The minimum absolute atomic E-state index is 0.0447. The quantitative estimate of drug-likeness (QED) is 0.256. The summed E-state index contributed by atoms with van der Waals surface area (Å²) in [5.41, 5.74) is 1.62. The summed E-state index contributed by atoms with van der Waals surface area (Å²) in [6, 6.07) is 11.6. The summed E-state index contributed by atoms with van der Waals surface area (Å²) >= 11 is 0. The fourth-order valence-corrected chi connectivity index (χ4v) is 3.68. The number of aliphatic hydroxyl groups is 1. The Bertz CT molecular complexity index is 1270. The summed E-state index contributed by atoms with van der Waals surface area (Å²) in [4.78, 5) is 15.8. The fraction of sp³-hybridized carbons (Fsp3) is 0.130. The van der Waals surface area contributed by atoms with Gasteiger partial charge in [-0.1, -0.05) is 12.1 Å². The van der Waals surface area contributed by atoms with Crippen LogP contribution < -0.4 is 10.8 Å². The highest BCUT2D eigenvalue weighted by Gasteiger charge is 2.36. The molecule has 1 aliphatic heterocycles. The Morgan fingerprint density at radius 3 is 2.55 bits per heavy atom. The summed E-state index contributed by atoms with van der Waals surface area (Å²) in [5, 5.41) is 21.3. The SMILES string of the molecule is O=C(NO)c1cccc(NC2=Nc3cc(C(F)(F)F)c(-c4cc(F)ccc4CO)cc3C2)c1. The summed E-state index contributed by atoms with van der Waals surface area (Å²) in [7, 11) is 0. The number of carbonyl (C=O) groups excluding carboxylic acids is 1. The second kappa shape index (κ2) is 8.64. The van der Waals surface area contributed by atoms with E-state index >= 15 is 0 Å². The van der Waals surface area contributed by atoms with E-state index in [4.69, 9.17) is 5.21 Å². The molecule has 170 valence electrons. The molecule has 3 aromatic rings. The molecule has 3 aromatic carbocycles. The average molecular weight is 459 g/mol. The van der Waals surface area contributed by atoms with Crippen molar-refractivity contribution in [3.05, 3.63) is 82.7 Å². The number of alkyl halides is 3. The fourth-order valence-electron chi connectivity index (χ4n) is 3.68. The van der Waals surface area contributed by atoms with Crippen LogP contribution in [-0.4, -0.2) is 22.1 Å². The summed E-state index contributed by atoms with van der Waals surface area (Å²) < 4.78 is 55.4. The first-order chi connectivity index (χ1) is 15.7. The molecule has 33 heavy (non-hydrogen) atoms. The third-order valence-electron chi connectivity index (χ3n) is 5.18. The van der Waals surface area contributed by atoms with Gasteiger partial charge >= 0.3 is 6.18 Å². The van der Waals surface area contributed by atoms with Crippen LogP contribution in [0, 0.1) is 5.82 Å². The highest BCUT2D eigenvalue weighted by Crippen LogP contribution is 2.43.